The molecule has 0 amide bonds. The van der Waals surface area contributed by atoms with Crippen LogP contribution in [0.4, 0.5) is 20.3 Å². The van der Waals surface area contributed by atoms with E-state index < -0.39 is 32.2 Å². The van der Waals surface area contributed by atoms with E-state index in [0.29, 0.717) is 16.6 Å². The second kappa shape index (κ2) is 5.33. The molecule has 0 atom stereocenters. The minimum absolute atomic E-state index is 0.00417. The Labute approximate surface area is 122 Å². The summed E-state index contributed by atoms with van der Waals surface area (Å²) in [6.07, 6.45) is 1.37. The van der Waals surface area contributed by atoms with Gasteiger partial charge in [0.1, 0.15) is 22.3 Å². The van der Waals surface area contributed by atoms with Crippen molar-refractivity contribution in [2.75, 3.05) is 10.5 Å². The van der Waals surface area contributed by atoms with Gasteiger partial charge in [0.05, 0.1) is 5.69 Å². The first kappa shape index (κ1) is 14.7. The van der Waals surface area contributed by atoms with E-state index in [1.165, 1.54) is 12.3 Å². The van der Waals surface area contributed by atoms with Gasteiger partial charge in [0, 0.05) is 16.7 Å². The van der Waals surface area contributed by atoms with Crippen LogP contribution in [0.2, 0.25) is 0 Å². The Kier molecular flexibility index (Phi) is 3.91. The maximum Gasteiger partial charge on any atom is 0.266 e. The van der Waals surface area contributed by atoms with Crippen LogP contribution in [0.3, 0.4) is 0 Å². The van der Waals surface area contributed by atoms with Crippen molar-refractivity contribution in [3.63, 3.8) is 0 Å². The molecule has 2 rings (SSSR count). The van der Waals surface area contributed by atoms with Gasteiger partial charge in [-0.2, -0.15) is 0 Å². The fourth-order valence-electron chi connectivity index (χ4n) is 1.38. The van der Waals surface area contributed by atoms with Gasteiger partial charge in [-0.25, -0.2) is 22.2 Å². The highest BCUT2D eigenvalue weighted by molar-refractivity contribution is 9.10. The molecule has 0 bridgehead atoms. The third kappa shape index (κ3) is 3.05. The molecule has 0 saturated heterocycles. The van der Waals surface area contributed by atoms with Gasteiger partial charge in [0.25, 0.3) is 10.0 Å². The van der Waals surface area contributed by atoms with E-state index in [1.54, 1.807) is 6.07 Å². The number of aromatic nitrogens is 1. The molecule has 0 aliphatic rings. The smallest absolute Gasteiger partial charge is 0.266 e. The Morgan fingerprint density at radius 2 is 1.90 bits per heavy atom. The van der Waals surface area contributed by atoms with Crippen molar-refractivity contribution in [2.24, 2.45) is 0 Å². The number of sulfonamides is 1. The molecule has 0 spiro atoms. The topological polar surface area (TPSA) is 85.1 Å². The minimum atomic E-state index is -4.25. The number of nitrogens with one attached hydrogen (secondary N) is 1. The number of anilines is 2. The summed E-state index contributed by atoms with van der Waals surface area (Å²) in [6, 6.07) is 4.07. The SMILES string of the molecule is Nc1cc(S(=O)(=O)Nc2ccc(Br)cn2)c(F)cc1F. The van der Waals surface area contributed by atoms with E-state index >= 15 is 0 Å². The highest BCUT2D eigenvalue weighted by Gasteiger charge is 2.21. The molecule has 1 aromatic carbocycles. The maximum atomic E-state index is 13.6. The normalized spacial score (nSPS) is 11.3. The highest BCUT2D eigenvalue weighted by atomic mass is 79.9. The molecule has 0 aliphatic carbocycles. The largest absolute Gasteiger partial charge is 0.396 e. The Bertz CT molecular complexity index is 751. The second-order valence-corrected chi connectivity index (χ2v) is 6.34. The van der Waals surface area contributed by atoms with Crippen LogP contribution in [0.15, 0.2) is 39.8 Å². The number of hydrogen-bond donors (Lipinski definition) is 2. The first-order valence-corrected chi connectivity index (χ1v) is 7.46. The first-order valence-electron chi connectivity index (χ1n) is 5.18. The lowest BCUT2D eigenvalue weighted by Crippen LogP contribution is -2.16. The minimum Gasteiger partial charge on any atom is -0.396 e. The van der Waals surface area contributed by atoms with Crippen molar-refractivity contribution in [3.05, 3.63) is 46.6 Å². The van der Waals surface area contributed by atoms with E-state index in [0.717, 1.165) is 0 Å². The summed E-state index contributed by atoms with van der Waals surface area (Å²) < 4.78 is 53.3. The quantitative estimate of drug-likeness (QED) is 0.820. The molecule has 0 aliphatic heterocycles. The van der Waals surface area contributed by atoms with Crippen LogP contribution in [0.1, 0.15) is 0 Å². The maximum absolute atomic E-state index is 13.6. The van der Waals surface area contributed by atoms with Crippen molar-refractivity contribution in [1.82, 2.24) is 4.98 Å². The van der Waals surface area contributed by atoms with E-state index in [9.17, 15) is 17.2 Å². The van der Waals surface area contributed by atoms with Crippen LogP contribution in [0, 0.1) is 11.6 Å². The molecule has 0 radical (unpaired) electrons. The monoisotopic (exact) mass is 363 g/mol. The van der Waals surface area contributed by atoms with Crippen LogP contribution in [-0.2, 0) is 10.0 Å². The summed E-state index contributed by atoms with van der Waals surface area (Å²) in [6.45, 7) is 0. The van der Waals surface area contributed by atoms with Gasteiger partial charge in [-0.1, -0.05) is 0 Å². The molecule has 20 heavy (non-hydrogen) atoms. The molecule has 5 nitrogen and oxygen atoms in total. The molecule has 0 saturated carbocycles. The zero-order valence-corrected chi connectivity index (χ0v) is 12.2. The number of nitrogens with zero attached hydrogens (tertiary/aromatic N) is 1. The van der Waals surface area contributed by atoms with Gasteiger partial charge in [0.15, 0.2) is 0 Å². The van der Waals surface area contributed by atoms with Crippen molar-refractivity contribution < 1.29 is 17.2 Å². The Morgan fingerprint density at radius 3 is 2.50 bits per heavy atom. The average molecular weight is 364 g/mol. The van der Waals surface area contributed by atoms with Crippen molar-refractivity contribution in [2.45, 2.75) is 4.90 Å². The van der Waals surface area contributed by atoms with Gasteiger partial charge in [-0.05, 0) is 34.1 Å². The van der Waals surface area contributed by atoms with Crippen molar-refractivity contribution in [1.29, 1.82) is 0 Å². The number of benzene rings is 1. The zero-order chi connectivity index (χ0) is 14.9. The fraction of sp³-hybridized carbons (Fsp3) is 0. The lowest BCUT2D eigenvalue weighted by molar-refractivity contribution is 0.553. The van der Waals surface area contributed by atoms with Crippen LogP contribution in [-0.4, -0.2) is 13.4 Å². The molecule has 1 aromatic heterocycles. The summed E-state index contributed by atoms with van der Waals surface area (Å²) >= 11 is 3.14. The predicted molar refractivity (Wildman–Crippen MR) is 73.5 cm³/mol. The molecule has 2 aromatic rings. The average Bonchev–Trinajstić information content (AvgIpc) is 2.36. The Balaban J connectivity index is 2.40. The number of pyridine rings is 1. The third-order valence-corrected chi connectivity index (χ3v) is 4.15. The number of hydrogen-bond acceptors (Lipinski definition) is 4. The van der Waals surface area contributed by atoms with Crippen LogP contribution < -0.4 is 10.5 Å². The van der Waals surface area contributed by atoms with Crippen LogP contribution in [0.25, 0.3) is 0 Å². The second-order valence-electron chi connectivity index (χ2n) is 3.77. The van der Waals surface area contributed by atoms with Gasteiger partial charge in [-0.3, -0.25) is 4.72 Å². The van der Waals surface area contributed by atoms with E-state index in [2.05, 4.69) is 25.6 Å². The first-order chi connectivity index (χ1) is 9.29. The molecule has 0 fully saturated rings. The summed E-state index contributed by atoms with van der Waals surface area (Å²) in [7, 11) is -4.25. The van der Waals surface area contributed by atoms with Crippen molar-refractivity contribution >= 4 is 37.5 Å². The Morgan fingerprint density at radius 1 is 1.20 bits per heavy atom. The number of halogens is 3. The molecular formula is C11H8BrF2N3O2S. The summed E-state index contributed by atoms with van der Waals surface area (Å²) in [5.74, 6) is -2.26. The van der Waals surface area contributed by atoms with Gasteiger partial charge >= 0.3 is 0 Å². The summed E-state index contributed by atoms with van der Waals surface area (Å²) in [5.41, 5.74) is 4.78. The predicted octanol–water partition coefficient (Wildman–Crippen LogP) is 2.51. The van der Waals surface area contributed by atoms with Crippen molar-refractivity contribution in [3.8, 4) is 0 Å². The highest BCUT2D eigenvalue weighted by Crippen LogP contribution is 2.23. The Hall–Kier alpha value is -1.74. The third-order valence-electron chi connectivity index (χ3n) is 2.31. The summed E-state index contributed by atoms with van der Waals surface area (Å²) in [4.78, 5) is 3.04. The molecule has 106 valence electrons. The number of rotatable bonds is 3. The molecule has 9 heteroatoms. The number of nitrogens with two attached hydrogens (primary N) is 1. The van der Waals surface area contributed by atoms with Gasteiger partial charge in [-0.15, -0.1) is 0 Å². The van der Waals surface area contributed by atoms with Gasteiger partial charge < -0.3 is 5.73 Å². The van der Waals surface area contributed by atoms with Crippen LogP contribution >= 0.6 is 15.9 Å². The molecule has 0 unspecified atom stereocenters. The number of nitrogen functional groups attached to an aromatic ring is 1. The van der Waals surface area contributed by atoms with E-state index in [1.807, 2.05) is 0 Å². The van der Waals surface area contributed by atoms with E-state index in [-0.39, 0.29) is 5.82 Å². The zero-order valence-electron chi connectivity index (χ0n) is 9.77. The van der Waals surface area contributed by atoms with Gasteiger partial charge in [0.2, 0.25) is 0 Å². The van der Waals surface area contributed by atoms with Crippen LogP contribution in [0.5, 0.6) is 0 Å². The fourth-order valence-corrected chi connectivity index (χ4v) is 2.72. The molecule has 1 heterocycles. The lowest BCUT2D eigenvalue weighted by atomic mass is 10.3. The standard InChI is InChI=1S/C11H8BrF2N3O2S/c12-6-1-2-11(16-5-6)17-20(18,19)10-4-9(15)7(13)3-8(10)14/h1-5H,15H2,(H,16,17). The summed E-state index contributed by atoms with van der Waals surface area (Å²) in [5, 5.41) is 0. The van der Waals surface area contributed by atoms with E-state index in [4.69, 9.17) is 5.73 Å². The lowest BCUT2D eigenvalue weighted by Gasteiger charge is -2.09. The molecule has 3 N–H and O–H groups in total. The molecular weight excluding hydrogens is 356 g/mol.